The van der Waals surface area contributed by atoms with E-state index in [0.717, 1.165) is 22.3 Å². The van der Waals surface area contributed by atoms with E-state index in [1.54, 1.807) is 6.92 Å². The number of nitrogens with one attached hydrogen (secondary N) is 2. The molecule has 1 aliphatic rings. The van der Waals surface area contributed by atoms with Crippen molar-refractivity contribution in [1.29, 1.82) is 0 Å². The van der Waals surface area contributed by atoms with Gasteiger partial charge in [-0.2, -0.15) is 0 Å². The zero-order valence-corrected chi connectivity index (χ0v) is 19.2. The SMILES string of the molecule is CC(CNC(=O)c1cnc(CNC(=O)OCC2c3ccccc3-c3ccccc32)nc1)CC(=O)O. The first-order chi connectivity index (χ1) is 16.9. The Morgan fingerprint density at radius 1 is 0.971 bits per heavy atom. The van der Waals surface area contributed by atoms with Gasteiger partial charge in [-0.05, 0) is 28.2 Å². The number of aromatic nitrogens is 2. The number of carboxylic acids is 1. The maximum Gasteiger partial charge on any atom is 0.407 e. The van der Waals surface area contributed by atoms with Crippen LogP contribution in [0.25, 0.3) is 11.1 Å². The van der Waals surface area contributed by atoms with E-state index >= 15 is 0 Å². The second kappa shape index (κ2) is 10.8. The van der Waals surface area contributed by atoms with Crippen LogP contribution in [0.4, 0.5) is 4.79 Å². The molecule has 2 aromatic carbocycles. The van der Waals surface area contributed by atoms with Gasteiger partial charge in [0.2, 0.25) is 0 Å². The molecule has 9 nitrogen and oxygen atoms in total. The summed E-state index contributed by atoms with van der Waals surface area (Å²) in [5, 5.41) is 14.1. The molecule has 0 radical (unpaired) electrons. The zero-order chi connectivity index (χ0) is 24.8. The summed E-state index contributed by atoms with van der Waals surface area (Å²) in [7, 11) is 0. The number of nitrogens with zero attached hydrogens (tertiary/aromatic N) is 2. The van der Waals surface area contributed by atoms with Gasteiger partial charge in [0.15, 0.2) is 0 Å². The summed E-state index contributed by atoms with van der Waals surface area (Å²) in [4.78, 5) is 43.4. The van der Waals surface area contributed by atoms with Crippen LogP contribution in [0.15, 0.2) is 60.9 Å². The molecule has 1 aromatic heterocycles. The van der Waals surface area contributed by atoms with Crippen LogP contribution < -0.4 is 10.6 Å². The van der Waals surface area contributed by atoms with Crippen LogP contribution >= 0.6 is 0 Å². The Bertz CT molecular complexity index is 1180. The number of ether oxygens (including phenoxy) is 1. The molecular formula is C26H26N4O5. The molecule has 1 atom stereocenters. The van der Waals surface area contributed by atoms with E-state index in [0.29, 0.717) is 5.82 Å². The van der Waals surface area contributed by atoms with Gasteiger partial charge in [-0.3, -0.25) is 9.59 Å². The Morgan fingerprint density at radius 3 is 2.17 bits per heavy atom. The van der Waals surface area contributed by atoms with Gasteiger partial charge in [0, 0.05) is 31.3 Å². The molecule has 180 valence electrons. The maximum atomic E-state index is 12.3. The average Bonchev–Trinajstić information content (AvgIpc) is 3.18. The summed E-state index contributed by atoms with van der Waals surface area (Å²) >= 11 is 0. The van der Waals surface area contributed by atoms with Crippen molar-refractivity contribution in [3.8, 4) is 11.1 Å². The molecule has 2 amide bonds. The van der Waals surface area contributed by atoms with E-state index in [2.05, 4.69) is 44.9 Å². The third-order valence-electron chi connectivity index (χ3n) is 5.84. The normalized spacial score (nSPS) is 12.8. The Morgan fingerprint density at radius 2 is 1.57 bits per heavy atom. The molecule has 0 fully saturated rings. The van der Waals surface area contributed by atoms with Gasteiger partial charge < -0.3 is 20.5 Å². The van der Waals surface area contributed by atoms with E-state index in [9.17, 15) is 14.4 Å². The number of amides is 2. The number of alkyl carbamates (subject to hydrolysis) is 1. The number of aliphatic carboxylic acids is 1. The van der Waals surface area contributed by atoms with Crippen molar-refractivity contribution in [1.82, 2.24) is 20.6 Å². The standard InChI is InChI=1S/C26H26N4O5/c1-16(10-24(31)32)11-29-25(33)17-12-27-23(28-13-17)14-30-26(34)35-15-22-20-8-4-2-6-18(20)19-7-3-5-9-21(19)22/h2-9,12-13,16,22H,10-11,14-15H2,1H3,(H,29,33)(H,30,34)(H,31,32). The highest BCUT2D eigenvalue weighted by Gasteiger charge is 2.29. The quantitative estimate of drug-likeness (QED) is 0.433. The number of benzene rings is 2. The van der Waals surface area contributed by atoms with Crippen LogP contribution in [0.2, 0.25) is 0 Å². The number of rotatable bonds is 9. The van der Waals surface area contributed by atoms with Gasteiger partial charge in [0.1, 0.15) is 12.4 Å². The lowest BCUT2D eigenvalue weighted by atomic mass is 9.98. The topological polar surface area (TPSA) is 131 Å². The maximum absolute atomic E-state index is 12.3. The molecule has 9 heteroatoms. The first-order valence-electron chi connectivity index (χ1n) is 11.3. The molecule has 35 heavy (non-hydrogen) atoms. The molecule has 0 spiro atoms. The fraction of sp³-hybridized carbons (Fsp3) is 0.269. The summed E-state index contributed by atoms with van der Waals surface area (Å²) in [6, 6.07) is 16.2. The van der Waals surface area contributed by atoms with Gasteiger partial charge >= 0.3 is 12.1 Å². The second-order valence-electron chi connectivity index (χ2n) is 8.48. The fourth-order valence-corrected chi connectivity index (χ4v) is 4.10. The monoisotopic (exact) mass is 474 g/mol. The van der Waals surface area contributed by atoms with Crippen LogP contribution in [-0.4, -0.2) is 46.2 Å². The first-order valence-corrected chi connectivity index (χ1v) is 11.3. The third-order valence-corrected chi connectivity index (χ3v) is 5.84. The average molecular weight is 475 g/mol. The van der Waals surface area contributed by atoms with Crippen molar-refractivity contribution in [2.75, 3.05) is 13.2 Å². The molecule has 0 saturated carbocycles. The summed E-state index contributed by atoms with van der Waals surface area (Å²) in [5.41, 5.74) is 4.83. The number of hydrogen-bond donors (Lipinski definition) is 3. The van der Waals surface area contributed by atoms with E-state index in [1.807, 2.05) is 24.3 Å². The smallest absolute Gasteiger partial charge is 0.407 e. The number of carbonyl (C=O) groups excluding carboxylic acids is 2. The van der Waals surface area contributed by atoms with E-state index in [4.69, 9.17) is 9.84 Å². The highest BCUT2D eigenvalue weighted by Crippen LogP contribution is 2.44. The summed E-state index contributed by atoms with van der Waals surface area (Å²) in [5.74, 6) is -1.20. The lowest BCUT2D eigenvalue weighted by Crippen LogP contribution is -2.30. The molecule has 1 heterocycles. The number of carboxylic acid groups (broad SMARTS) is 1. The zero-order valence-electron chi connectivity index (χ0n) is 19.2. The van der Waals surface area contributed by atoms with Gasteiger partial charge in [-0.25, -0.2) is 14.8 Å². The van der Waals surface area contributed by atoms with Gasteiger partial charge in [-0.1, -0.05) is 55.5 Å². The van der Waals surface area contributed by atoms with Crippen molar-refractivity contribution in [3.05, 3.63) is 83.4 Å². The van der Waals surface area contributed by atoms with Crippen LogP contribution in [0.1, 0.15) is 46.6 Å². The Balaban J connectivity index is 1.26. The summed E-state index contributed by atoms with van der Waals surface area (Å²) in [6.45, 7) is 2.23. The Labute approximate surface area is 202 Å². The second-order valence-corrected chi connectivity index (χ2v) is 8.48. The van der Waals surface area contributed by atoms with Gasteiger partial charge in [0.25, 0.3) is 5.91 Å². The Hall–Kier alpha value is -4.27. The number of fused-ring (bicyclic) bond motifs is 3. The molecule has 0 aliphatic heterocycles. The largest absolute Gasteiger partial charge is 0.481 e. The van der Waals surface area contributed by atoms with Crippen LogP contribution in [0, 0.1) is 5.92 Å². The van der Waals surface area contributed by atoms with Crippen LogP contribution in [-0.2, 0) is 16.1 Å². The molecule has 3 N–H and O–H groups in total. The van der Waals surface area contributed by atoms with Crippen molar-refractivity contribution in [3.63, 3.8) is 0 Å². The first kappa shape index (κ1) is 23.9. The van der Waals surface area contributed by atoms with E-state index in [1.165, 1.54) is 12.4 Å². The molecule has 1 aliphatic carbocycles. The highest BCUT2D eigenvalue weighted by atomic mass is 16.5. The molecule has 0 saturated heterocycles. The van der Waals surface area contributed by atoms with Crippen molar-refractivity contribution in [2.45, 2.75) is 25.8 Å². The summed E-state index contributed by atoms with van der Waals surface area (Å²) in [6.07, 6.45) is 2.11. The number of hydrogen-bond acceptors (Lipinski definition) is 6. The predicted octanol–water partition coefficient (Wildman–Crippen LogP) is 3.36. The minimum atomic E-state index is -0.914. The Kier molecular flexibility index (Phi) is 7.35. The predicted molar refractivity (Wildman–Crippen MR) is 128 cm³/mol. The van der Waals surface area contributed by atoms with E-state index in [-0.39, 0.29) is 43.5 Å². The molecule has 3 aromatic rings. The van der Waals surface area contributed by atoms with Gasteiger partial charge in [-0.15, -0.1) is 0 Å². The summed E-state index contributed by atoms with van der Waals surface area (Å²) < 4.78 is 5.49. The fourth-order valence-electron chi connectivity index (χ4n) is 4.10. The molecule has 1 unspecified atom stereocenters. The van der Waals surface area contributed by atoms with Crippen molar-refractivity contribution in [2.24, 2.45) is 5.92 Å². The number of carbonyl (C=O) groups is 3. The molecule has 0 bridgehead atoms. The minimum Gasteiger partial charge on any atom is -0.481 e. The molecule has 4 rings (SSSR count). The van der Waals surface area contributed by atoms with Crippen LogP contribution in [0.5, 0.6) is 0 Å². The van der Waals surface area contributed by atoms with Crippen LogP contribution in [0.3, 0.4) is 0 Å². The lowest BCUT2D eigenvalue weighted by molar-refractivity contribution is -0.137. The van der Waals surface area contributed by atoms with Crippen molar-refractivity contribution >= 4 is 18.0 Å². The van der Waals surface area contributed by atoms with Crippen molar-refractivity contribution < 1.29 is 24.2 Å². The molecular weight excluding hydrogens is 448 g/mol. The third kappa shape index (κ3) is 5.81. The lowest BCUT2D eigenvalue weighted by Gasteiger charge is -2.14. The highest BCUT2D eigenvalue weighted by molar-refractivity contribution is 5.93. The van der Waals surface area contributed by atoms with E-state index < -0.39 is 18.0 Å². The minimum absolute atomic E-state index is 0.0274. The van der Waals surface area contributed by atoms with Gasteiger partial charge in [0.05, 0.1) is 12.1 Å².